The summed E-state index contributed by atoms with van der Waals surface area (Å²) in [6.45, 7) is 6.20. The van der Waals surface area contributed by atoms with Crippen LogP contribution >= 0.6 is 0 Å². The van der Waals surface area contributed by atoms with E-state index < -0.39 is 5.97 Å². The van der Waals surface area contributed by atoms with Crippen molar-refractivity contribution in [1.29, 1.82) is 0 Å². The average Bonchev–Trinajstić information content (AvgIpc) is 3.09. The second-order valence-corrected chi connectivity index (χ2v) is 5.24. The fourth-order valence-corrected chi connectivity index (χ4v) is 2.67. The van der Waals surface area contributed by atoms with Crippen LogP contribution in [0.1, 0.15) is 29.9 Å². The maximum Gasteiger partial charge on any atom is 0.343 e. The summed E-state index contributed by atoms with van der Waals surface area (Å²) in [7, 11) is 1.65. The van der Waals surface area contributed by atoms with Gasteiger partial charge in [-0.3, -0.25) is 14.2 Å². The molecule has 3 rings (SSSR count). The zero-order valence-corrected chi connectivity index (χ0v) is 14.0. The fourth-order valence-electron chi connectivity index (χ4n) is 2.67. The number of carbonyl (C=O) groups is 1. The molecule has 0 aliphatic rings. The Morgan fingerprint density at radius 2 is 2.08 bits per heavy atom. The normalized spacial score (nSPS) is 11.2. The molecule has 3 aromatic rings. The van der Waals surface area contributed by atoms with Gasteiger partial charge in [-0.25, -0.2) is 14.3 Å². The number of aryl methyl sites for hydroxylation is 3. The van der Waals surface area contributed by atoms with Gasteiger partial charge in [0.1, 0.15) is 17.4 Å². The Bertz CT molecular complexity index is 981. The van der Waals surface area contributed by atoms with E-state index in [-0.39, 0.29) is 17.7 Å². The van der Waals surface area contributed by atoms with E-state index in [1.54, 1.807) is 25.6 Å². The SMILES string of the molecule is CCOC(=O)c1cnn(C)c1-n1cnc2c(C)nn(CC)c2c1=O. The number of hydrogen-bond donors (Lipinski definition) is 0. The van der Waals surface area contributed by atoms with Crippen LogP contribution in [0.5, 0.6) is 0 Å². The minimum absolute atomic E-state index is 0.210. The molecule has 24 heavy (non-hydrogen) atoms. The van der Waals surface area contributed by atoms with E-state index in [9.17, 15) is 9.59 Å². The predicted octanol–water partition coefficient (Wildman–Crippen LogP) is 0.821. The molecule has 3 aromatic heterocycles. The highest BCUT2D eigenvalue weighted by Crippen LogP contribution is 2.16. The lowest BCUT2D eigenvalue weighted by Gasteiger charge is -2.09. The van der Waals surface area contributed by atoms with Gasteiger partial charge < -0.3 is 4.74 Å². The van der Waals surface area contributed by atoms with Crippen molar-refractivity contribution in [3.05, 3.63) is 34.1 Å². The number of rotatable bonds is 4. The average molecular weight is 330 g/mol. The van der Waals surface area contributed by atoms with Crippen molar-refractivity contribution in [3.63, 3.8) is 0 Å². The van der Waals surface area contributed by atoms with E-state index in [1.807, 2.05) is 6.92 Å². The van der Waals surface area contributed by atoms with Gasteiger partial charge in [-0.15, -0.1) is 0 Å². The molecule has 126 valence electrons. The van der Waals surface area contributed by atoms with E-state index in [0.717, 1.165) is 0 Å². The number of ether oxygens (including phenoxy) is 1. The van der Waals surface area contributed by atoms with Crippen LogP contribution in [-0.4, -0.2) is 41.7 Å². The van der Waals surface area contributed by atoms with Crippen LogP contribution in [0, 0.1) is 6.92 Å². The first-order valence-corrected chi connectivity index (χ1v) is 7.63. The summed E-state index contributed by atoms with van der Waals surface area (Å²) in [6, 6.07) is 0. The second kappa shape index (κ2) is 5.91. The summed E-state index contributed by atoms with van der Waals surface area (Å²) in [5, 5.41) is 8.40. The first-order chi connectivity index (χ1) is 11.5. The Morgan fingerprint density at radius 1 is 1.33 bits per heavy atom. The van der Waals surface area contributed by atoms with Crippen LogP contribution in [0.15, 0.2) is 17.3 Å². The summed E-state index contributed by atoms with van der Waals surface area (Å²) in [4.78, 5) is 29.4. The summed E-state index contributed by atoms with van der Waals surface area (Å²) in [5.41, 5.74) is 1.54. The van der Waals surface area contributed by atoms with E-state index in [2.05, 4.69) is 15.2 Å². The van der Waals surface area contributed by atoms with Crippen LogP contribution in [0.25, 0.3) is 16.9 Å². The van der Waals surface area contributed by atoms with Gasteiger partial charge in [-0.2, -0.15) is 10.2 Å². The van der Waals surface area contributed by atoms with Gasteiger partial charge >= 0.3 is 5.97 Å². The van der Waals surface area contributed by atoms with Gasteiger partial charge in [0.15, 0.2) is 11.3 Å². The Labute approximate surface area is 137 Å². The summed E-state index contributed by atoms with van der Waals surface area (Å²) in [6.07, 6.45) is 2.77. The van der Waals surface area contributed by atoms with Crippen LogP contribution in [0.2, 0.25) is 0 Å². The molecule has 3 heterocycles. The molecule has 0 N–H and O–H groups in total. The molecule has 0 saturated heterocycles. The number of carbonyl (C=O) groups excluding carboxylic acids is 1. The van der Waals surface area contributed by atoms with Crippen molar-refractivity contribution in [2.75, 3.05) is 6.61 Å². The monoisotopic (exact) mass is 330 g/mol. The molecular weight excluding hydrogens is 312 g/mol. The third kappa shape index (κ3) is 2.29. The van der Waals surface area contributed by atoms with Gasteiger partial charge in [-0.05, 0) is 20.8 Å². The first-order valence-electron chi connectivity index (χ1n) is 7.63. The molecule has 0 atom stereocenters. The minimum Gasteiger partial charge on any atom is -0.462 e. The van der Waals surface area contributed by atoms with Crippen molar-refractivity contribution in [2.24, 2.45) is 7.05 Å². The van der Waals surface area contributed by atoms with Gasteiger partial charge in [0.2, 0.25) is 0 Å². The molecule has 0 spiro atoms. The van der Waals surface area contributed by atoms with Crippen LogP contribution < -0.4 is 5.56 Å². The van der Waals surface area contributed by atoms with Gasteiger partial charge in [0.25, 0.3) is 5.56 Å². The third-order valence-electron chi connectivity index (χ3n) is 3.75. The molecule has 0 radical (unpaired) electrons. The lowest BCUT2D eigenvalue weighted by Crippen LogP contribution is -2.25. The third-order valence-corrected chi connectivity index (χ3v) is 3.75. The summed E-state index contributed by atoms with van der Waals surface area (Å²) in [5.74, 6) is -0.220. The van der Waals surface area contributed by atoms with Gasteiger partial charge in [-0.1, -0.05) is 0 Å². The highest BCUT2D eigenvalue weighted by Gasteiger charge is 2.22. The molecule has 0 aliphatic heterocycles. The zero-order chi connectivity index (χ0) is 17.4. The fraction of sp³-hybridized carbons (Fsp3) is 0.400. The Balaban J connectivity index is 2.29. The predicted molar refractivity (Wildman–Crippen MR) is 86.3 cm³/mol. The molecule has 0 aliphatic carbocycles. The number of hydrogen-bond acceptors (Lipinski definition) is 6. The molecule has 9 nitrogen and oxygen atoms in total. The van der Waals surface area contributed by atoms with E-state index in [1.165, 1.54) is 21.8 Å². The molecule has 0 aromatic carbocycles. The molecule has 0 fully saturated rings. The van der Waals surface area contributed by atoms with E-state index >= 15 is 0 Å². The summed E-state index contributed by atoms with van der Waals surface area (Å²) >= 11 is 0. The molecule has 0 bridgehead atoms. The maximum atomic E-state index is 13.0. The standard InChI is InChI=1S/C15H18N6O3/c1-5-21-12-11(9(3)18-21)16-8-20(14(12)22)13-10(7-17-19(13)4)15(23)24-6-2/h7-8H,5-6H2,1-4H3. The smallest absolute Gasteiger partial charge is 0.343 e. The second-order valence-electron chi connectivity index (χ2n) is 5.24. The Morgan fingerprint density at radius 3 is 2.75 bits per heavy atom. The Kier molecular flexibility index (Phi) is 3.92. The Hall–Kier alpha value is -2.97. The summed E-state index contributed by atoms with van der Waals surface area (Å²) < 4.78 is 9.39. The molecule has 0 amide bonds. The number of fused-ring (bicyclic) bond motifs is 1. The van der Waals surface area contributed by atoms with Crippen molar-refractivity contribution in [1.82, 2.24) is 29.1 Å². The largest absolute Gasteiger partial charge is 0.462 e. The topological polar surface area (TPSA) is 96.8 Å². The van der Waals surface area contributed by atoms with E-state index in [4.69, 9.17) is 4.74 Å². The number of nitrogens with zero attached hydrogens (tertiary/aromatic N) is 6. The van der Waals surface area contributed by atoms with Crippen molar-refractivity contribution < 1.29 is 9.53 Å². The van der Waals surface area contributed by atoms with Crippen LogP contribution in [-0.2, 0) is 18.3 Å². The quantitative estimate of drug-likeness (QED) is 0.657. The van der Waals surface area contributed by atoms with E-state index in [0.29, 0.717) is 29.1 Å². The number of esters is 1. The first kappa shape index (κ1) is 15.9. The van der Waals surface area contributed by atoms with Crippen LogP contribution in [0.4, 0.5) is 0 Å². The number of aromatic nitrogens is 6. The maximum absolute atomic E-state index is 13.0. The zero-order valence-electron chi connectivity index (χ0n) is 14.0. The minimum atomic E-state index is -0.534. The van der Waals surface area contributed by atoms with Crippen molar-refractivity contribution >= 4 is 17.0 Å². The molecule has 0 saturated carbocycles. The molecule has 9 heteroatoms. The lowest BCUT2D eigenvalue weighted by molar-refractivity contribution is 0.0526. The molecular formula is C15H18N6O3. The van der Waals surface area contributed by atoms with Gasteiger partial charge in [0.05, 0.1) is 18.5 Å². The molecule has 0 unspecified atom stereocenters. The van der Waals surface area contributed by atoms with Crippen molar-refractivity contribution in [3.8, 4) is 5.82 Å². The highest BCUT2D eigenvalue weighted by atomic mass is 16.5. The van der Waals surface area contributed by atoms with Gasteiger partial charge in [0, 0.05) is 13.6 Å². The highest BCUT2D eigenvalue weighted by molar-refractivity contribution is 5.92. The van der Waals surface area contributed by atoms with Crippen LogP contribution in [0.3, 0.4) is 0 Å². The lowest BCUT2D eigenvalue weighted by atomic mass is 10.3. The van der Waals surface area contributed by atoms with Crippen molar-refractivity contribution in [2.45, 2.75) is 27.3 Å².